The molecule has 1 aliphatic rings. The van der Waals surface area contributed by atoms with Crippen molar-refractivity contribution in [3.63, 3.8) is 0 Å². The number of aromatic nitrogens is 4. The van der Waals surface area contributed by atoms with Crippen LogP contribution in [0.1, 0.15) is 24.4 Å². The Labute approximate surface area is 135 Å². The molecule has 0 bridgehead atoms. The SMILES string of the molecule is CCn1cc(C2CN(S(=O)(=O)c3cn(C)c(C)n3)CCO2)cn1. The number of hydrogen-bond donors (Lipinski definition) is 0. The van der Waals surface area contributed by atoms with E-state index in [1.165, 1.54) is 4.31 Å². The van der Waals surface area contributed by atoms with Crippen molar-refractivity contribution in [1.29, 1.82) is 0 Å². The summed E-state index contributed by atoms with van der Waals surface area (Å²) < 4.78 is 36.2. The average Bonchev–Trinajstić information content (AvgIpc) is 3.15. The van der Waals surface area contributed by atoms with Gasteiger partial charge in [-0.1, -0.05) is 0 Å². The van der Waals surface area contributed by atoms with Gasteiger partial charge in [-0.2, -0.15) is 9.40 Å². The van der Waals surface area contributed by atoms with E-state index < -0.39 is 10.0 Å². The predicted octanol–water partition coefficient (Wildman–Crippen LogP) is 0.707. The van der Waals surface area contributed by atoms with Gasteiger partial charge in [0, 0.05) is 44.6 Å². The molecule has 1 saturated heterocycles. The van der Waals surface area contributed by atoms with Gasteiger partial charge in [0.15, 0.2) is 5.03 Å². The molecule has 1 unspecified atom stereocenters. The third-order valence-electron chi connectivity index (χ3n) is 4.07. The maximum Gasteiger partial charge on any atom is 0.262 e. The van der Waals surface area contributed by atoms with Crippen LogP contribution in [0.4, 0.5) is 0 Å². The van der Waals surface area contributed by atoms with Gasteiger partial charge in [0.2, 0.25) is 0 Å². The lowest BCUT2D eigenvalue weighted by Crippen LogP contribution is -2.42. The van der Waals surface area contributed by atoms with E-state index >= 15 is 0 Å². The Morgan fingerprint density at radius 1 is 1.39 bits per heavy atom. The number of nitrogens with zero attached hydrogens (tertiary/aromatic N) is 5. The molecule has 0 aliphatic carbocycles. The third kappa shape index (κ3) is 3.04. The second-order valence-electron chi connectivity index (χ2n) is 5.59. The van der Waals surface area contributed by atoms with E-state index in [0.29, 0.717) is 19.0 Å². The lowest BCUT2D eigenvalue weighted by atomic mass is 10.2. The Morgan fingerprint density at radius 2 is 2.17 bits per heavy atom. The largest absolute Gasteiger partial charge is 0.371 e. The van der Waals surface area contributed by atoms with Gasteiger partial charge in [0.25, 0.3) is 10.0 Å². The van der Waals surface area contributed by atoms with E-state index in [2.05, 4.69) is 10.1 Å². The zero-order valence-corrected chi connectivity index (χ0v) is 14.3. The van der Waals surface area contributed by atoms with Gasteiger partial charge in [-0.15, -0.1) is 0 Å². The molecule has 23 heavy (non-hydrogen) atoms. The zero-order chi connectivity index (χ0) is 16.6. The first-order valence-electron chi connectivity index (χ1n) is 7.56. The minimum Gasteiger partial charge on any atom is -0.371 e. The highest BCUT2D eigenvalue weighted by molar-refractivity contribution is 7.89. The van der Waals surface area contributed by atoms with Gasteiger partial charge in [0.1, 0.15) is 5.82 Å². The molecule has 3 rings (SSSR count). The molecule has 2 aromatic rings. The van der Waals surface area contributed by atoms with E-state index in [-0.39, 0.29) is 17.7 Å². The molecular weight excluding hydrogens is 318 g/mol. The maximum atomic E-state index is 12.8. The van der Waals surface area contributed by atoms with Crippen LogP contribution in [0.3, 0.4) is 0 Å². The lowest BCUT2D eigenvalue weighted by molar-refractivity contribution is -0.00266. The molecule has 0 aromatic carbocycles. The minimum absolute atomic E-state index is 0.0856. The van der Waals surface area contributed by atoms with Crippen LogP contribution in [0.5, 0.6) is 0 Å². The van der Waals surface area contributed by atoms with E-state index in [1.54, 1.807) is 35.6 Å². The Hall–Kier alpha value is -1.71. The van der Waals surface area contributed by atoms with E-state index in [1.807, 2.05) is 13.1 Å². The third-order valence-corrected chi connectivity index (χ3v) is 5.81. The molecule has 0 amide bonds. The second kappa shape index (κ2) is 6.06. The molecule has 0 spiro atoms. The second-order valence-corrected chi connectivity index (χ2v) is 7.47. The zero-order valence-electron chi connectivity index (χ0n) is 13.5. The molecule has 1 fully saturated rings. The van der Waals surface area contributed by atoms with Crippen molar-refractivity contribution < 1.29 is 13.2 Å². The molecule has 8 nitrogen and oxygen atoms in total. The van der Waals surface area contributed by atoms with Gasteiger partial charge >= 0.3 is 0 Å². The number of imidazole rings is 1. The predicted molar refractivity (Wildman–Crippen MR) is 83.3 cm³/mol. The fourth-order valence-corrected chi connectivity index (χ4v) is 4.00. The summed E-state index contributed by atoms with van der Waals surface area (Å²) in [6.45, 7) is 5.50. The summed E-state index contributed by atoms with van der Waals surface area (Å²) in [6.07, 6.45) is 4.87. The Balaban J connectivity index is 1.82. The van der Waals surface area contributed by atoms with Crippen LogP contribution in [0, 0.1) is 6.92 Å². The fraction of sp³-hybridized carbons (Fsp3) is 0.571. The van der Waals surface area contributed by atoms with Gasteiger partial charge in [0.05, 0.1) is 18.9 Å². The van der Waals surface area contributed by atoms with Crippen molar-refractivity contribution in [1.82, 2.24) is 23.6 Å². The van der Waals surface area contributed by atoms with Crippen molar-refractivity contribution in [3.8, 4) is 0 Å². The molecule has 3 heterocycles. The van der Waals surface area contributed by atoms with Crippen molar-refractivity contribution in [3.05, 3.63) is 30.0 Å². The quantitative estimate of drug-likeness (QED) is 0.819. The average molecular weight is 339 g/mol. The minimum atomic E-state index is -3.61. The molecule has 126 valence electrons. The summed E-state index contributed by atoms with van der Waals surface area (Å²) in [6, 6.07) is 0. The van der Waals surface area contributed by atoms with Gasteiger partial charge < -0.3 is 9.30 Å². The monoisotopic (exact) mass is 339 g/mol. The first kappa shape index (κ1) is 16.2. The van der Waals surface area contributed by atoms with Gasteiger partial charge in [-0.05, 0) is 13.8 Å². The summed E-state index contributed by atoms with van der Waals surface area (Å²) in [4.78, 5) is 4.15. The van der Waals surface area contributed by atoms with E-state index in [0.717, 1.165) is 12.1 Å². The highest BCUT2D eigenvalue weighted by atomic mass is 32.2. The molecule has 1 aliphatic heterocycles. The molecule has 0 radical (unpaired) electrons. The van der Waals surface area contributed by atoms with Crippen molar-refractivity contribution >= 4 is 10.0 Å². The lowest BCUT2D eigenvalue weighted by Gasteiger charge is -2.31. The summed E-state index contributed by atoms with van der Waals surface area (Å²) in [5.74, 6) is 0.664. The van der Waals surface area contributed by atoms with Crippen LogP contribution < -0.4 is 0 Å². The summed E-state index contributed by atoms with van der Waals surface area (Å²) >= 11 is 0. The number of rotatable bonds is 4. The molecule has 0 saturated carbocycles. The van der Waals surface area contributed by atoms with Crippen molar-refractivity contribution in [2.45, 2.75) is 31.5 Å². The first-order chi connectivity index (χ1) is 10.9. The number of ether oxygens (including phenoxy) is 1. The fourth-order valence-electron chi connectivity index (χ4n) is 2.55. The summed E-state index contributed by atoms with van der Waals surface area (Å²) in [5.41, 5.74) is 0.893. The maximum absolute atomic E-state index is 12.8. The molecule has 1 atom stereocenters. The Morgan fingerprint density at radius 3 is 2.78 bits per heavy atom. The van der Waals surface area contributed by atoms with Gasteiger partial charge in [-0.3, -0.25) is 4.68 Å². The number of hydrogen-bond acceptors (Lipinski definition) is 5. The normalized spacial score (nSPS) is 20.0. The van der Waals surface area contributed by atoms with Gasteiger partial charge in [-0.25, -0.2) is 13.4 Å². The molecule has 2 aromatic heterocycles. The first-order valence-corrected chi connectivity index (χ1v) is 9.00. The standard InChI is InChI=1S/C14H21N5O3S/c1-4-18-8-12(7-15-18)13-9-19(5-6-22-13)23(20,21)14-10-17(3)11(2)16-14/h7-8,10,13H,4-6,9H2,1-3H3. The van der Waals surface area contributed by atoms with Crippen LogP contribution >= 0.6 is 0 Å². The molecular formula is C14H21N5O3S. The number of sulfonamides is 1. The smallest absolute Gasteiger partial charge is 0.262 e. The van der Waals surface area contributed by atoms with Crippen LogP contribution in [0.15, 0.2) is 23.6 Å². The Kier molecular flexibility index (Phi) is 4.26. The van der Waals surface area contributed by atoms with Crippen LogP contribution in [0.25, 0.3) is 0 Å². The van der Waals surface area contributed by atoms with Crippen LogP contribution in [-0.4, -0.2) is 51.8 Å². The van der Waals surface area contributed by atoms with E-state index in [4.69, 9.17) is 4.74 Å². The molecule has 9 heteroatoms. The summed E-state index contributed by atoms with van der Waals surface area (Å²) in [5, 5.41) is 4.31. The highest BCUT2D eigenvalue weighted by Gasteiger charge is 2.33. The highest BCUT2D eigenvalue weighted by Crippen LogP contribution is 2.26. The van der Waals surface area contributed by atoms with Crippen LogP contribution in [-0.2, 0) is 28.4 Å². The van der Waals surface area contributed by atoms with Crippen molar-refractivity contribution in [2.75, 3.05) is 19.7 Å². The summed E-state index contributed by atoms with van der Waals surface area (Å²) in [7, 11) is -1.83. The number of aryl methyl sites for hydroxylation is 3. The van der Waals surface area contributed by atoms with E-state index in [9.17, 15) is 8.42 Å². The molecule has 0 N–H and O–H groups in total. The van der Waals surface area contributed by atoms with Crippen molar-refractivity contribution in [2.24, 2.45) is 7.05 Å². The Bertz CT molecular complexity index is 776. The topological polar surface area (TPSA) is 82.2 Å². The van der Waals surface area contributed by atoms with Crippen LogP contribution in [0.2, 0.25) is 0 Å². The number of morpholine rings is 1.